The summed E-state index contributed by atoms with van der Waals surface area (Å²) >= 11 is 1.55. The predicted molar refractivity (Wildman–Crippen MR) is 116 cm³/mol. The van der Waals surface area contributed by atoms with E-state index in [-0.39, 0.29) is 5.56 Å². The number of benzene rings is 2. The van der Waals surface area contributed by atoms with Crippen LogP contribution in [-0.2, 0) is 6.42 Å². The maximum atomic E-state index is 12.3. The predicted octanol–water partition coefficient (Wildman–Crippen LogP) is 4.10. The molecule has 8 heteroatoms. The summed E-state index contributed by atoms with van der Waals surface area (Å²) in [4.78, 5) is 19.7. The highest BCUT2D eigenvalue weighted by molar-refractivity contribution is 7.99. The van der Waals surface area contributed by atoms with E-state index in [2.05, 4.69) is 20.2 Å². The molecule has 0 aliphatic rings. The molecule has 3 aromatic heterocycles. The summed E-state index contributed by atoms with van der Waals surface area (Å²) < 4.78 is 7.51. The average Bonchev–Trinajstić information content (AvgIpc) is 3.44. The van der Waals surface area contributed by atoms with Crippen molar-refractivity contribution in [2.24, 2.45) is 0 Å². The Balaban J connectivity index is 1.41. The van der Waals surface area contributed by atoms with E-state index in [0.29, 0.717) is 40.5 Å². The third-order valence-electron chi connectivity index (χ3n) is 4.62. The van der Waals surface area contributed by atoms with Crippen molar-refractivity contribution in [2.45, 2.75) is 11.6 Å². The molecular formula is C22H17N5O2S. The number of rotatable bonds is 6. The Labute approximate surface area is 175 Å². The molecule has 0 atom stereocenters. The topological polar surface area (TPSA) is 89.6 Å². The summed E-state index contributed by atoms with van der Waals surface area (Å²) in [7, 11) is 0. The molecule has 148 valence electrons. The fourth-order valence-corrected chi connectivity index (χ4v) is 4.13. The minimum absolute atomic E-state index is 0.117. The van der Waals surface area contributed by atoms with Gasteiger partial charge in [0.1, 0.15) is 5.82 Å². The van der Waals surface area contributed by atoms with Crippen LogP contribution in [0.4, 0.5) is 0 Å². The molecule has 5 rings (SSSR count). The van der Waals surface area contributed by atoms with E-state index in [1.54, 1.807) is 24.1 Å². The van der Waals surface area contributed by atoms with Gasteiger partial charge < -0.3 is 9.40 Å². The van der Waals surface area contributed by atoms with E-state index in [0.717, 1.165) is 10.8 Å². The highest BCUT2D eigenvalue weighted by Crippen LogP contribution is 2.28. The normalized spacial score (nSPS) is 11.2. The van der Waals surface area contributed by atoms with Crippen LogP contribution in [0, 0.1) is 0 Å². The zero-order chi connectivity index (χ0) is 20.3. The van der Waals surface area contributed by atoms with Gasteiger partial charge in [0, 0.05) is 17.9 Å². The van der Waals surface area contributed by atoms with Gasteiger partial charge >= 0.3 is 0 Å². The van der Waals surface area contributed by atoms with Crippen molar-refractivity contribution in [1.82, 2.24) is 24.7 Å². The fraction of sp³-hybridized carbons (Fsp3) is 0.0909. The second-order valence-electron chi connectivity index (χ2n) is 6.58. The molecule has 0 unspecified atom stereocenters. The molecule has 3 heterocycles. The smallest absolute Gasteiger partial charge is 0.258 e. The minimum Gasteiger partial charge on any atom is -0.461 e. The van der Waals surface area contributed by atoms with Gasteiger partial charge in [0.05, 0.1) is 17.2 Å². The average molecular weight is 415 g/mol. The molecule has 30 heavy (non-hydrogen) atoms. The number of para-hydroxylation sites is 2. The molecule has 0 saturated carbocycles. The van der Waals surface area contributed by atoms with Crippen molar-refractivity contribution in [3.63, 3.8) is 0 Å². The van der Waals surface area contributed by atoms with Gasteiger partial charge in [-0.05, 0) is 36.4 Å². The van der Waals surface area contributed by atoms with E-state index in [1.807, 2.05) is 65.2 Å². The summed E-state index contributed by atoms with van der Waals surface area (Å²) in [5.41, 5.74) is 1.54. The summed E-state index contributed by atoms with van der Waals surface area (Å²) in [5.74, 6) is 2.64. The van der Waals surface area contributed by atoms with Crippen molar-refractivity contribution in [3.05, 3.63) is 89.2 Å². The molecule has 1 N–H and O–H groups in total. The van der Waals surface area contributed by atoms with Crippen molar-refractivity contribution >= 4 is 22.7 Å². The number of aryl methyl sites for hydroxylation is 1. The van der Waals surface area contributed by atoms with Gasteiger partial charge in [-0.2, -0.15) is 0 Å². The molecule has 0 aliphatic carbocycles. The lowest BCUT2D eigenvalue weighted by Gasteiger charge is -2.09. The van der Waals surface area contributed by atoms with Crippen molar-refractivity contribution in [1.29, 1.82) is 0 Å². The van der Waals surface area contributed by atoms with E-state index in [1.165, 1.54) is 0 Å². The number of nitrogens with one attached hydrogen (secondary N) is 1. The maximum absolute atomic E-state index is 12.3. The molecule has 0 saturated heterocycles. The molecule has 0 fully saturated rings. The second kappa shape index (κ2) is 8.00. The third kappa shape index (κ3) is 3.53. The van der Waals surface area contributed by atoms with Crippen LogP contribution >= 0.6 is 11.8 Å². The molecule has 5 aromatic rings. The number of hydrogen-bond donors (Lipinski definition) is 1. The van der Waals surface area contributed by atoms with E-state index < -0.39 is 0 Å². The third-order valence-corrected chi connectivity index (χ3v) is 5.55. The van der Waals surface area contributed by atoms with Gasteiger partial charge in [-0.3, -0.25) is 9.36 Å². The van der Waals surface area contributed by atoms with E-state index >= 15 is 0 Å². The van der Waals surface area contributed by atoms with Crippen LogP contribution in [-0.4, -0.2) is 30.5 Å². The van der Waals surface area contributed by atoms with Crippen LogP contribution in [0.25, 0.3) is 28.2 Å². The van der Waals surface area contributed by atoms with Gasteiger partial charge in [-0.1, -0.05) is 42.1 Å². The number of H-pyrrole nitrogens is 1. The Morgan fingerprint density at radius 1 is 0.967 bits per heavy atom. The number of aromatic amines is 1. The first-order chi connectivity index (χ1) is 14.8. The number of thioether (sulfide) groups is 1. The lowest BCUT2D eigenvalue weighted by molar-refractivity contribution is 0.575. The first kappa shape index (κ1) is 18.4. The first-order valence-electron chi connectivity index (χ1n) is 9.45. The lowest BCUT2D eigenvalue weighted by Crippen LogP contribution is -2.12. The van der Waals surface area contributed by atoms with Crippen LogP contribution in [0.1, 0.15) is 5.82 Å². The summed E-state index contributed by atoms with van der Waals surface area (Å²) in [6.45, 7) is 0. The zero-order valence-corrected chi connectivity index (χ0v) is 16.7. The molecular weight excluding hydrogens is 398 g/mol. The molecule has 0 bridgehead atoms. The van der Waals surface area contributed by atoms with Crippen molar-refractivity contribution in [2.75, 3.05) is 5.75 Å². The van der Waals surface area contributed by atoms with Gasteiger partial charge in [-0.15, -0.1) is 10.2 Å². The highest BCUT2D eigenvalue weighted by Gasteiger charge is 2.18. The number of furan rings is 1. The number of nitrogens with zero attached hydrogens (tertiary/aromatic N) is 4. The Hall–Kier alpha value is -3.65. The van der Waals surface area contributed by atoms with Crippen LogP contribution in [0.2, 0.25) is 0 Å². The quantitative estimate of drug-likeness (QED) is 0.420. The first-order valence-corrected chi connectivity index (χ1v) is 10.4. The number of fused-ring (bicyclic) bond motifs is 1. The Morgan fingerprint density at radius 2 is 1.80 bits per heavy atom. The van der Waals surface area contributed by atoms with Gasteiger partial charge in [0.2, 0.25) is 5.82 Å². The van der Waals surface area contributed by atoms with E-state index in [9.17, 15) is 4.79 Å². The molecule has 0 aliphatic heterocycles. The van der Waals surface area contributed by atoms with Crippen LogP contribution < -0.4 is 5.56 Å². The zero-order valence-electron chi connectivity index (χ0n) is 15.9. The Morgan fingerprint density at radius 3 is 2.63 bits per heavy atom. The highest BCUT2D eigenvalue weighted by atomic mass is 32.2. The largest absolute Gasteiger partial charge is 0.461 e. The van der Waals surface area contributed by atoms with Gasteiger partial charge in [0.25, 0.3) is 5.56 Å². The summed E-state index contributed by atoms with van der Waals surface area (Å²) in [6.07, 6.45) is 2.22. The Kier molecular flexibility index (Phi) is 4.90. The maximum Gasteiger partial charge on any atom is 0.258 e. The van der Waals surface area contributed by atoms with E-state index in [4.69, 9.17) is 4.42 Å². The van der Waals surface area contributed by atoms with Gasteiger partial charge in [-0.25, -0.2) is 4.98 Å². The number of aromatic nitrogens is 5. The fourth-order valence-electron chi connectivity index (χ4n) is 3.23. The SMILES string of the molecule is O=c1[nH]c(CCSc2nnc(-c3ccco3)n2-c2ccccc2)nc2ccccc12. The molecule has 0 radical (unpaired) electrons. The summed E-state index contributed by atoms with van der Waals surface area (Å²) in [5, 5.41) is 10.1. The van der Waals surface area contributed by atoms with Crippen LogP contribution in [0.5, 0.6) is 0 Å². The molecule has 0 amide bonds. The molecule has 0 spiro atoms. The van der Waals surface area contributed by atoms with Crippen molar-refractivity contribution in [3.8, 4) is 17.3 Å². The van der Waals surface area contributed by atoms with Crippen LogP contribution in [0.15, 0.2) is 87.4 Å². The minimum atomic E-state index is -0.117. The second-order valence-corrected chi connectivity index (χ2v) is 7.64. The summed E-state index contributed by atoms with van der Waals surface area (Å²) in [6, 6.07) is 20.9. The monoisotopic (exact) mass is 415 g/mol. The van der Waals surface area contributed by atoms with Crippen LogP contribution in [0.3, 0.4) is 0 Å². The molecule has 7 nitrogen and oxygen atoms in total. The van der Waals surface area contributed by atoms with Gasteiger partial charge in [0.15, 0.2) is 10.9 Å². The standard InChI is InChI=1S/C22H17N5O2S/c28-21-16-9-4-5-10-17(16)23-19(24-21)12-14-30-22-26-25-20(18-11-6-13-29-18)27(22)15-7-2-1-3-8-15/h1-11,13H,12,14H2,(H,23,24,28). The number of hydrogen-bond acceptors (Lipinski definition) is 6. The Bertz CT molecular complexity index is 1340. The van der Waals surface area contributed by atoms with Crippen molar-refractivity contribution < 1.29 is 4.42 Å². The molecule has 2 aromatic carbocycles. The lowest BCUT2D eigenvalue weighted by atomic mass is 10.2.